The predicted octanol–water partition coefficient (Wildman–Crippen LogP) is 2.23. The summed E-state index contributed by atoms with van der Waals surface area (Å²) in [5, 5.41) is 3.44. The molecule has 0 saturated carbocycles. The van der Waals surface area contributed by atoms with Gasteiger partial charge in [-0.15, -0.1) is 0 Å². The molecule has 1 atom stereocenters. The molecule has 1 saturated heterocycles. The number of ether oxygens (including phenoxy) is 1. The maximum absolute atomic E-state index is 6.07. The molecule has 3 rings (SSSR count). The number of hydrogen-bond donors (Lipinski definition) is 1. The van der Waals surface area contributed by atoms with Crippen LogP contribution in [0.25, 0.3) is 0 Å². The van der Waals surface area contributed by atoms with Crippen molar-refractivity contribution in [1.29, 1.82) is 0 Å². The van der Waals surface area contributed by atoms with E-state index < -0.39 is 0 Å². The van der Waals surface area contributed by atoms with E-state index in [1.165, 1.54) is 43.6 Å². The molecule has 0 amide bonds. The largest absolute Gasteiger partial charge is 0.488 e. The van der Waals surface area contributed by atoms with Crippen LogP contribution in [-0.4, -0.2) is 44.2 Å². The molecular formula is C17H26N2O. The first-order valence-corrected chi connectivity index (χ1v) is 7.86. The van der Waals surface area contributed by atoms with E-state index in [1.807, 2.05) is 0 Å². The fourth-order valence-corrected chi connectivity index (χ4v) is 3.48. The average Bonchev–Trinajstić information content (AvgIpc) is 2.80. The van der Waals surface area contributed by atoms with Gasteiger partial charge in [-0.2, -0.15) is 0 Å². The zero-order valence-electron chi connectivity index (χ0n) is 12.7. The first-order chi connectivity index (χ1) is 9.70. The first-order valence-electron chi connectivity index (χ1n) is 7.86. The van der Waals surface area contributed by atoms with Gasteiger partial charge in [0.25, 0.3) is 0 Å². The van der Waals surface area contributed by atoms with Crippen LogP contribution in [-0.2, 0) is 6.42 Å². The SMILES string of the molecule is Cc1ccc2c(c1)CC(CN(C)CC1CCNCC1)O2. The molecule has 1 unspecified atom stereocenters. The third-order valence-electron chi connectivity index (χ3n) is 4.50. The first kappa shape index (κ1) is 13.9. The molecule has 2 heterocycles. The molecule has 2 aliphatic heterocycles. The molecular weight excluding hydrogens is 248 g/mol. The molecule has 1 aromatic rings. The summed E-state index contributed by atoms with van der Waals surface area (Å²) in [5.41, 5.74) is 2.71. The van der Waals surface area contributed by atoms with E-state index in [9.17, 15) is 0 Å². The number of rotatable bonds is 4. The highest BCUT2D eigenvalue weighted by Crippen LogP contribution is 2.29. The number of likely N-dealkylation sites (N-methyl/N-ethyl adjacent to an activating group) is 1. The Hall–Kier alpha value is -1.06. The minimum atomic E-state index is 0.332. The number of aryl methyl sites for hydroxylation is 1. The van der Waals surface area contributed by atoms with Gasteiger partial charge in [-0.3, -0.25) is 0 Å². The molecule has 1 N–H and O–H groups in total. The second kappa shape index (κ2) is 6.15. The zero-order chi connectivity index (χ0) is 13.9. The van der Waals surface area contributed by atoms with Crippen molar-refractivity contribution >= 4 is 0 Å². The van der Waals surface area contributed by atoms with Gasteiger partial charge in [-0.1, -0.05) is 17.7 Å². The third-order valence-corrected chi connectivity index (χ3v) is 4.50. The van der Waals surface area contributed by atoms with Gasteiger partial charge >= 0.3 is 0 Å². The molecule has 1 fully saturated rings. The lowest BCUT2D eigenvalue weighted by atomic mass is 9.97. The van der Waals surface area contributed by atoms with Crippen LogP contribution in [0.15, 0.2) is 18.2 Å². The zero-order valence-corrected chi connectivity index (χ0v) is 12.7. The van der Waals surface area contributed by atoms with E-state index in [-0.39, 0.29) is 0 Å². The maximum atomic E-state index is 6.07. The van der Waals surface area contributed by atoms with Crippen molar-refractivity contribution in [3.63, 3.8) is 0 Å². The van der Waals surface area contributed by atoms with Crippen LogP contribution < -0.4 is 10.1 Å². The van der Waals surface area contributed by atoms with Gasteiger partial charge in [-0.05, 0) is 57.5 Å². The predicted molar refractivity (Wildman–Crippen MR) is 82.4 cm³/mol. The molecule has 0 radical (unpaired) electrons. The van der Waals surface area contributed by atoms with E-state index in [2.05, 4.69) is 42.4 Å². The number of piperidine rings is 1. The Morgan fingerprint density at radius 1 is 1.25 bits per heavy atom. The summed E-state index contributed by atoms with van der Waals surface area (Å²) in [5.74, 6) is 1.95. The van der Waals surface area contributed by atoms with Crippen LogP contribution in [0.2, 0.25) is 0 Å². The van der Waals surface area contributed by atoms with E-state index >= 15 is 0 Å². The summed E-state index contributed by atoms with van der Waals surface area (Å²) < 4.78 is 6.07. The van der Waals surface area contributed by atoms with Gasteiger partial charge in [0.15, 0.2) is 0 Å². The second-order valence-electron chi connectivity index (χ2n) is 6.47. The molecule has 0 bridgehead atoms. The maximum Gasteiger partial charge on any atom is 0.123 e. The van der Waals surface area contributed by atoms with Gasteiger partial charge in [-0.25, -0.2) is 0 Å². The highest BCUT2D eigenvalue weighted by molar-refractivity contribution is 5.40. The molecule has 0 aromatic heterocycles. The van der Waals surface area contributed by atoms with Crippen molar-refractivity contribution in [3.05, 3.63) is 29.3 Å². The van der Waals surface area contributed by atoms with Crippen LogP contribution in [0.3, 0.4) is 0 Å². The Morgan fingerprint density at radius 2 is 2.05 bits per heavy atom. The standard InChI is InChI=1S/C17H26N2O/c1-13-3-4-17-15(9-13)10-16(20-17)12-19(2)11-14-5-7-18-8-6-14/h3-4,9,14,16,18H,5-8,10-12H2,1-2H3. The molecule has 20 heavy (non-hydrogen) atoms. The van der Waals surface area contributed by atoms with Gasteiger partial charge in [0.2, 0.25) is 0 Å². The van der Waals surface area contributed by atoms with E-state index in [0.717, 1.165) is 24.6 Å². The summed E-state index contributed by atoms with van der Waals surface area (Å²) in [6.45, 7) is 6.76. The quantitative estimate of drug-likeness (QED) is 0.911. The highest BCUT2D eigenvalue weighted by Gasteiger charge is 2.25. The van der Waals surface area contributed by atoms with Crippen LogP contribution in [0.4, 0.5) is 0 Å². The summed E-state index contributed by atoms with van der Waals surface area (Å²) in [4.78, 5) is 2.46. The molecule has 0 aliphatic carbocycles. The van der Waals surface area contributed by atoms with E-state index in [0.29, 0.717) is 6.10 Å². The lowest BCUT2D eigenvalue weighted by Gasteiger charge is -2.28. The van der Waals surface area contributed by atoms with Gasteiger partial charge in [0.05, 0.1) is 0 Å². The molecule has 0 spiro atoms. The number of nitrogens with one attached hydrogen (secondary N) is 1. The van der Waals surface area contributed by atoms with Crippen molar-refractivity contribution in [3.8, 4) is 5.75 Å². The Morgan fingerprint density at radius 3 is 2.85 bits per heavy atom. The van der Waals surface area contributed by atoms with Crippen LogP contribution in [0, 0.1) is 12.8 Å². The number of benzene rings is 1. The third kappa shape index (κ3) is 3.33. The second-order valence-corrected chi connectivity index (χ2v) is 6.47. The average molecular weight is 274 g/mol. The molecule has 3 heteroatoms. The van der Waals surface area contributed by atoms with Crippen molar-refractivity contribution in [2.75, 3.05) is 33.2 Å². The van der Waals surface area contributed by atoms with Crippen molar-refractivity contribution in [1.82, 2.24) is 10.2 Å². The Bertz CT molecular complexity index is 454. The number of hydrogen-bond acceptors (Lipinski definition) is 3. The van der Waals surface area contributed by atoms with Crippen molar-refractivity contribution in [2.24, 2.45) is 5.92 Å². The number of nitrogens with zero attached hydrogens (tertiary/aromatic N) is 1. The highest BCUT2D eigenvalue weighted by atomic mass is 16.5. The lowest BCUT2D eigenvalue weighted by Crippen LogP contribution is -2.38. The fourth-order valence-electron chi connectivity index (χ4n) is 3.48. The monoisotopic (exact) mass is 274 g/mol. The van der Waals surface area contributed by atoms with Gasteiger partial charge < -0.3 is 15.0 Å². The molecule has 1 aromatic carbocycles. The lowest BCUT2D eigenvalue weighted by molar-refractivity contribution is 0.149. The fraction of sp³-hybridized carbons (Fsp3) is 0.647. The Kier molecular flexibility index (Phi) is 4.27. The molecule has 3 nitrogen and oxygen atoms in total. The number of fused-ring (bicyclic) bond motifs is 1. The minimum absolute atomic E-state index is 0.332. The van der Waals surface area contributed by atoms with Crippen LogP contribution >= 0.6 is 0 Å². The summed E-state index contributed by atoms with van der Waals surface area (Å²) >= 11 is 0. The van der Waals surface area contributed by atoms with Gasteiger partial charge in [0.1, 0.15) is 11.9 Å². The Balaban J connectivity index is 1.49. The summed E-state index contributed by atoms with van der Waals surface area (Å²) in [6, 6.07) is 6.53. The molecule has 2 aliphatic rings. The Labute approximate surface area is 122 Å². The van der Waals surface area contributed by atoms with Crippen molar-refractivity contribution in [2.45, 2.75) is 32.3 Å². The van der Waals surface area contributed by atoms with Gasteiger partial charge in [0, 0.05) is 19.5 Å². The van der Waals surface area contributed by atoms with Crippen LogP contribution in [0.5, 0.6) is 5.75 Å². The normalized spacial score (nSPS) is 22.9. The topological polar surface area (TPSA) is 24.5 Å². The molecule has 110 valence electrons. The minimum Gasteiger partial charge on any atom is -0.488 e. The summed E-state index contributed by atoms with van der Waals surface area (Å²) in [6.07, 6.45) is 4.02. The van der Waals surface area contributed by atoms with E-state index in [1.54, 1.807) is 0 Å². The van der Waals surface area contributed by atoms with E-state index in [4.69, 9.17) is 4.74 Å². The smallest absolute Gasteiger partial charge is 0.123 e. The van der Waals surface area contributed by atoms with Crippen molar-refractivity contribution < 1.29 is 4.74 Å². The summed E-state index contributed by atoms with van der Waals surface area (Å²) in [7, 11) is 2.24. The van der Waals surface area contributed by atoms with Crippen LogP contribution in [0.1, 0.15) is 24.0 Å².